The van der Waals surface area contributed by atoms with E-state index in [1.54, 1.807) is 12.1 Å². The van der Waals surface area contributed by atoms with Crippen molar-refractivity contribution in [1.29, 1.82) is 0 Å². The number of nitrogens with zero attached hydrogens (tertiary/aromatic N) is 1. The van der Waals surface area contributed by atoms with Crippen molar-refractivity contribution in [1.82, 2.24) is 4.98 Å². The summed E-state index contributed by atoms with van der Waals surface area (Å²) in [7, 11) is -4.08. The predicted octanol–water partition coefficient (Wildman–Crippen LogP) is 3.04. The SMILES string of the molecule is O=C1CCc2cc(OS(=O)(=O)c3cnc(Cl)c(Cl)c3)ccc2N1. The lowest BCUT2D eigenvalue weighted by Gasteiger charge is -2.17. The molecule has 3 rings (SSSR count). The number of amides is 1. The van der Waals surface area contributed by atoms with Crippen LogP contribution in [0.15, 0.2) is 35.4 Å². The maximum atomic E-state index is 12.3. The van der Waals surface area contributed by atoms with E-state index in [0.717, 1.165) is 11.8 Å². The lowest BCUT2D eigenvalue weighted by atomic mass is 10.0. The molecule has 0 atom stereocenters. The minimum Gasteiger partial charge on any atom is -0.379 e. The van der Waals surface area contributed by atoms with Crippen molar-refractivity contribution in [3.8, 4) is 5.75 Å². The number of rotatable bonds is 3. The first-order chi connectivity index (χ1) is 10.8. The van der Waals surface area contributed by atoms with E-state index in [4.69, 9.17) is 27.4 Å². The number of aromatic nitrogens is 1. The van der Waals surface area contributed by atoms with Gasteiger partial charge in [0.05, 0.1) is 11.2 Å². The van der Waals surface area contributed by atoms with Crippen LogP contribution in [0.4, 0.5) is 5.69 Å². The van der Waals surface area contributed by atoms with Crippen LogP contribution < -0.4 is 9.50 Å². The summed E-state index contributed by atoms with van der Waals surface area (Å²) in [6.07, 6.45) is 1.94. The van der Waals surface area contributed by atoms with Gasteiger partial charge in [0.2, 0.25) is 5.91 Å². The summed E-state index contributed by atoms with van der Waals surface area (Å²) in [6, 6.07) is 5.82. The second-order valence-electron chi connectivity index (χ2n) is 4.85. The van der Waals surface area contributed by atoms with Gasteiger partial charge in [0, 0.05) is 12.1 Å². The molecule has 1 aliphatic rings. The monoisotopic (exact) mass is 372 g/mol. The average molecular weight is 373 g/mol. The number of carbonyl (C=O) groups excluding carboxylic acids is 1. The van der Waals surface area contributed by atoms with E-state index >= 15 is 0 Å². The Morgan fingerprint density at radius 3 is 2.70 bits per heavy atom. The Labute approximate surface area is 142 Å². The molecule has 0 radical (unpaired) electrons. The molecule has 0 aliphatic carbocycles. The Kier molecular flexibility index (Phi) is 4.18. The summed E-state index contributed by atoms with van der Waals surface area (Å²) in [6.45, 7) is 0. The molecule has 0 bridgehead atoms. The van der Waals surface area contributed by atoms with Gasteiger partial charge in [0.15, 0.2) is 0 Å². The van der Waals surface area contributed by atoms with E-state index in [1.165, 1.54) is 12.1 Å². The number of carbonyl (C=O) groups is 1. The third kappa shape index (κ3) is 3.41. The summed E-state index contributed by atoms with van der Waals surface area (Å²) in [5.74, 6) is 0.0756. The Balaban J connectivity index is 1.88. The number of pyridine rings is 1. The quantitative estimate of drug-likeness (QED) is 0.660. The van der Waals surface area contributed by atoms with Crippen LogP contribution in [-0.4, -0.2) is 19.3 Å². The zero-order chi connectivity index (χ0) is 16.6. The first-order valence-corrected chi connectivity index (χ1v) is 8.70. The highest BCUT2D eigenvalue weighted by molar-refractivity contribution is 7.87. The molecule has 1 N–H and O–H groups in total. The van der Waals surface area contributed by atoms with Crippen LogP contribution >= 0.6 is 23.2 Å². The van der Waals surface area contributed by atoms with Crippen molar-refractivity contribution in [2.75, 3.05) is 5.32 Å². The third-order valence-electron chi connectivity index (χ3n) is 3.24. The van der Waals surface area contributed by atoms with Crippen LogP contribution in [0.1, 0.15) is 12.0 Å². The summed E-state index contributed by atoms with van der Waals surface area (Å²) in [5.41, 5.74) is 1.46. The van der Waals surface area contributed by atoms with Gasteiger partial charge in [-0.15, -0.1) is 0 Å². The molecule has 120 valence electrons. The van der Waals surface area contributed by atoms with Crippen molar-refractivity contribution in [3.05, 3.63) is 46.2 Å². The van der Waals surface area contributed by atoms with Gasteiger partial charge >= 0.3 is 10.1 Å². The first-order valence-electron chi connectivity index (χ1n) is 6.53. The Bertz CT molecular complexity index is 900. The highest BCUT2D eigenvalue weighted by atomic mass is 35.5. The number of fused-ring (bicyclic) bond motifs is 1. The molecular weight excluding hydrogens is 363 g/mol. The molecule has 9 heteroatoms. The molecule has 23 heavy (non-hydrogen) atoms. The predicted molar refractivity (Wildman–Crippen MR) is 85.5 cm³/mol. The number of hydrogen-bond acceptors (Lipinski definition) is 5. The molecule has 6 nitrogen and oxygen atoms in total. The van der Waals surface area contributed by atoms with Crippen LogP contribution in [0.2, 0.25) is 10.2 Å². The number of hydrogen-bond donors (Lipinski definition) is 1. The van der Waals surface area contributed by atoms with E-state index in [1.807, 2.05) is 0 Å². The molecule has 0 unspecified atom stereocenters. The normalized spacial score (nSPS) is 14.1. The van der Waals surface area contributed by atoms with Crippen molar-refractivity contribution < 1.29 is 17.4 Å². The van der Waals surface area contributed by atoms with Gasteiger partial charge in [-0.05, 0) is 36.2 Å². The van der Waals surface area contributed by atoms with Crippen LogP contribution in [0.3, 0.4) is 0 Å². The van der Waals surface area contributed by atoms with Crippen molar-refractivity contribution >= 4 is 44.9 Å². The Hall–Kier alpha value is -1.83. The van der Waals surface area contributed by atoms with Crippen LogP contribution in [-0.2, 0) is 21.3 Å². The summed E-state index contributed by atoms with van der Waals surface area (Å²) >= 11 is 11.4. The zero-order valence-corrected chi connectivity index (χ0v) is 13.9. The molecule has 0 saturated heterocycles. The molecular formula is C14H10Cl2N2O4S. The molecule has 1 aliphatic heterocycles. The minimum atomic E-state index is -4.08. The molecule has 1 aromatic carbocycles. The average Bonchev–Trinajstić information content (AvgIpc) is 2.49. The van der Waals surface area contributed by atoms with Gasteiger partial charge in [0.25, 0.3) is 0 Å². The van der Waals surface area contributed by atoms with Crippen molar-refractivity contribution in [3.63, 3.8) is 0 Å². The van der Waals surface area contributed by atoms with Crippen molar-refractivity contribution in [2.24, 2.45) is 0 Å². The van der Waals surface area contributed by atoms with Gasteiger partial charge in [-0.25, -0.2) is 4.98 Å². The highest BCUT2D eigenvalue weighted by Gasteiger charge is 2.21. The largest absolute Gasteiger partial charge is 0.379 e. The number of halogens is 2. The molecule has 1 aromatic heterocycles. The Morgan fingerprint density at radius 1 is 1.17 bits per heavy atom. The second kappa shape index (κ2) is 5.99. The fraction of sp³-hybridized carbons (Fsp3) is 0.143. The topological polar surface area (TPSA) is 85.4 Å². The molecule has 2 heterocycles. The highest BCUT2D eigenvalue weighted by Crippen LogP contribution is 2.29. The zero-order valence-electron chi connectivity index (χ0n) is 11.5. The van der Waals surface area contributed by atoms with E-state index in [2.05, 4.69) is 10.3 Å². The van der Waals surface area contributed by atoms with Crippen LogP contribution in [0.5, 0.6) is 5.75 Å². The van der Waals surface area contributed by atoms with Gasteiger partial charge in [-0.1, -0.05) is 23.2 Å². The maximum absolute atomic E-state index is 12.3. The van der Waals surface area contributed by atoms with Crippen LogP contribution in [0, 0.1) is 0 Å². The van der Waals surface area contributed by atoms with E-state index in [9.17, 15) is 13.2 Å². The molecule has 0 spiro atoms. The molecule has 0 fully saturated rings. The fourth-order valence-corrected chi connectivity index (χ4v) is 3.36. The third-order valence-corrected chi connectivity index (χ3v) is 5.14. The Morgan fingerprint density at radius 2 is 1.96 bits per heavy atom. The standard InChI is InChI=1S/C14H10Cl2N2O4S/c15-11-6-10(7-17-14(11)16)23(20,21)22-9-2-3-12-8(5-9)1-4-13(19)18-12/h2-3,5-7H,1,4H2,(H,18,19). The second-order valence-corrected chi connectivity index (χ2v) is 7.16. The van der Waals surface area contributed by atoms with Gasteiger partial charge in [-0.3, -0.25) is 4.79 Å². The van der Waals surface area contributed by atoms with Crippen LogP contribution in [0.25, 0.3) is 0 Å². The lowest BCUT2D eigenvalue weighted by Crippen LogP contribution is -2.19. The lowest BCUT2D eigenvalue weighted by molar-refractivity contribution is -0.116. The number of benzene rings is 1. The molecule has 1 amide bonds. The molecule has 2 aromatic rings. The number of aryl methyl sites for hydroxylation is 1. The number of nitrogens with one attached hydrogen (secondary N) is 1. The summed E-state index contributed by atoms with van der Waals surface area (Å²) in [5, 5.41) is 2.74. The molecule has 0 saturated carbocycles. The van der Waals surface area contributed by atoms with Gasteiger partial charge < -0.3 is 9.50 Å². The van der Waals surface area contributed by atoms with Gasteiger partial charge in [-0.2, -0.15) is 8.42 Å². The van der Waals surface area contributed by atoms with E-state index < -0.39 is 10.1 Å². The van der Waals surface area contributed by atoms with Gasteiger partial charge in [0.1, 0.15) is 15.8 Å². The minimum absolute atomic E-state index is 0.00939. The van der Waals surface area contributed by atoms with Crippen molar-refractivity contribution in [2.45, 2.75) is 17.7 Å². The first kappa shape index (κ1) is 16.0. The summed E-state index contributed by atoms with van der Waals surface area (Å²) < 4.78 is 29.6. The smallest absolute Gasteiger partial charge is 0.340 e. The van der Waals surface area contributed by atoms with E-state index in [0.29, 0.717) is 18.5 Å². The summed E-state index contributed by atoms with van der Waals surface area (Å²) in [4.78, 5) is 14.8. The van der Waals surface area contributed by atoms with E-state index in [-0.39, 0.29) is 26.7 Å². The number of anilines is 1. The maximum Gasteiger partial charge on any atom is 0.340 e. The fourth-order valence-electron chi connectivity index (χ4n) is 2.13.